The number of nitrogens with zero attached hydrogens (tertiary/aromatic N) is 2. The lowest BCUT2D eigenvalue weighted by molar-refractivity contribution is 0.319. The molecule has 0 heterocycles. The molecule has 92 valence electrons. The lowest BCUT2D eigenvalue weighted by Gasteiger charge is -2.14. The molecule has 0 aliphatic carbocycles. The van der Waals surface area contributed by atoms with Crippen LogP contribution in [0.4, 0.5) is 5.69 Å². The van der Waals surface area contributed by atoms with Gasteiger partial charge in [0.25, 0.3) is 0 Å². The second-order valence-corrected chi connectivity index (χ2v) is 4.50. The van der Waals surface area contributed by atoms with E-state index >= 15 is 0 Å². The maximum Gasteiger partial charge on any atom is 0.0842 e. The van der Waals surface area contributed by atoms with Gasteiger partial charge >= 0.3 is 0 Å². The first-order valence-electron chi connectivity index (χ1n) is 5.61. The van der Waals surface area contributed by atoms with Crippen LogP contribution < -0.4 is 4.90 Å². The van der Waals surface area contributed by atoms with Crippen LogP contribution in [0.3, 0.4) is 0 Å². The molecule has 0 aliphatic heterocycles. The zero-order valence-corrected chi connectivity index (χ0v) is 11.2. The van der Waals surface area contributed by atoms with Gasteiger partial charge < -0.3 is 10.1 Å². The number of hydrogen-bond donors (Lipinski definition) is 1. The fraction of sp³-hybridized carbons (Fsp3) is 0.357. The van der Waals surface area contributed by atoms with Crippen LogP contribution in [-0.2, 0) is 0 Å². The monoisotopic (exact) mass is 232 g/mol. The molecule has 0 fully saturated rings. The maximum absolute atomic E-state index is 8.90. The van der Waals surface area contributed by atoms with E-state index in [4.69, 9.17) is 5.21 Å². The largest absolute Gasteiger partial charge is 0.411 e. The summed E-state index contributed by atoms with van der Waals surface area (Å²) in [5.41, 5.74) is 5.00. The van der Waals surface area contributed by atoms with Crippen LogP contribution in [0.1, 0.15) is 26.3 Å². The summed E-state index contributed by atoms with van der Waals surface area (Å²) in [6.45, 7) is 5.84. The highest BCUT2D eigenvalue weighted by Gasteiger charge is 2.08. The zero-order valence-electron chi connectivity index (χ0n) is 11.2. The average molecular weight is 232 g/mol. The Morgan fingerprint density at radius 1 is 1.06 bits per heavy atom. The quantitative estimate of drug-likeness (QED) is 0.492. The number of allylic oxidation sites excluding steroid dienone is 2. The van der Waals surface area contributed by atoms with Crippen LogP contribution in [0, 0.1) is 0 Å². The van der Waals surface area contributed by atoms with Gasteiger partial charge in [-0.15, -0.1) is 0 Å². The Kier molecular flexibility index (Phi) is 4.32. The lowest BCUT2D eigenvalue weighted by Crippen LogP contribution is -2.08. The van der Waals surface area contributed by atoms with E-state index in [1.807, 2.05) is 47.0 Å². The number of hydrogen-bond acceptors (Lipinski definition) is 3. The van der Waals surface area contributed by atoms with Gasteiger partial charge in [-0.2, -0.15) is 0 Å². The first kappa shape index (κ1) is 13.3. The van der Waals surface area contributed by atoms with Crippen molar-refractivity contribution in [2.75, 3.05) is 19.0 Å². The molecule has 0 spiro atoms. The van der Waals surface area contributed by atoms with Crippen LogP contribution in [0.5, 0.6) is 0 Å². The minimum absolute atomic E-state index is 0.641. The van der Waals surface area contributed by atoms with E-state index in [2.05, 4.69) is 22.2 Å². The predicted molar refractivity (Wildman–Crippen MR) is 73.9 cm³/mol. The summed E-state index contributed by atoms with van der Waals surface area (Å²) in [6.07, 6.45) is 0. The van der Waals surface area contributed by atoms with Crippen molar-refractivity contribution in [3.05, 3.63) is 35.4 Å². The normalized spacial score (nSPS) is 11.2. The van der Waals surface area contributed by atoms with E-state index in [-0.39, 0.29) is 0 Å². The van der Waals surface area contributed by atoms with E-state index in [0.717, 1.165) is 22.4 Å². The van der Waals surface area contributed by atoms with Crippen molar-refractivity contribution in [2.45, 2.75) is 20.8 Å². The molecule has 1 aromatic carbocycles. The van der Waals surface area contributed by atoms with E-state index in [0.29, 0.717) is 5.71 Å². The first-order chi connectivity index (χ1) is 7.97. The summed E-state index contributed by atoms with van der Waals surface area (Å²) in [7, 11) is 4.02. The summed E-state index contributed by atoms with van der Waals surface area (Å²) in [5, 5.41) is 12.2. The van der Waals surface area contributed by atoms with E-state index in [1.54, 1.807) is 0 Å². The molecule has 0 aromatic heterocycles. The Morgan fingerprint density at radius 2 is 1.59 bits per heavy atom. The van der Waals surface area contributed by atoms with Crippen LogP contribution in [0.2, 0.25) is 0 Å². The molecule has 0 unspecified atom stereocenters. The molecule has 3 heteroatoms. The van der Waals surface area contributed by atoms with Crippen LogP contribution in [0.25, 0.3) is 5.57 Å². The topological polar surface area (TPSA) is 35.8 Å². The lowest BCUT2D eigenvalue weighted by atomic mass is 9.97. The summed E-state index contributed by atoms with van der Waals surface area (Å²) in [5.74, 6) is 0. The average Bonchev–Trinajstić information content (AvgIpc) is 2.29. The summed E-state index contributed by atoms with van der Waals surface area (Å²) >= 11 is 0. The summed E-state index contributed by atoms with van der Waals surface area (Å²) in [4.78, 5) is 2.05. The van der Waals surface area contributed by atoms with Crippen molar-refractivity contribution in [3.8, 4) is 0 Å². The van der Waals surface area contributed by atoms with Gasteiger partial charge in [0, 0.05) is 25.4 Å². The predicted octanol–water partition coefficient (Wildman–Crippen LogP) is 3.40. The highest BCUT2D eigenvalue weighted by atomic mass is 16.4. The van der Waals surface area contributed by atoms with Crippen LogP contribution in [-0.4, -0.2) is 25.0 Å². The maximum atomic E-state index is 8.90. The summed E-state index contributed by atoms with van der Waals surface area (Å²) in [6, 6.07) is 8.21. The Hall–Kier alpha value is -1.77. The third kappa shape index (κ3) is 3.09. The van der Waals surface area contributed by atoms with Crippen molar-refractivity contribution in [3.63, 3.8) is 0 Å². The number of rotatable bonds is 3. The van der Waals surface area contributed by atoms with E-state index in [1.165, 1.54) is 0 Å². The molecule has 1 N–H and O–H groups in total. The third-order valence-corrected chi connectivity index (χ3v) is 2.68. The van der Waals surface area contributed by atoms with Gasteiger partial charge in [0.15, 0.2) is 0 Å². The molecule has 17 heavy (non-hydrogen) atoms. The first-order valence-corrected chi connectivity index (χ1v) is 5.61. The highest BCUT2D eigenvalue weighted by molar-refractivity contribution is 6.23. The molecule has 0 atom stereocenters. The number of benzene rings is 1. The molecule has 0 bridgehead atoms. The van der Waals surface area contributed by atoms with Crippen molar-refractivity contribution in [1.82, 2.24) is 0 Å². The number of anilines is 1. The Labute approximate surface area is 103 Å². The molecule has 0 saturated heterocycles. The van der Waals surface area contributed by atoms with Gasteiger partial charge in [0.05, 0.1) is 5.71 Å². The molecule has 0 aliphatic rings. The second-order valence-electron chi connectivity index (χ2n) is 4.50. The zero-order chi connectivity index (χ0) is 13.0. The van der Waals surface area contributed by atoms with Crippen LogP contribution in [0.15, 0.2) is 35.0 Å². The Balaban J connectivity index is 3.19. The standard InChI is InChI=1S/C14H20N2O/c1-10(2)14(11(3)15-17)12-6-8-13(9-7-12)16(4)5/h6-9,17H,1-5H3/b15-11+. The minimum atomic E-state index is 0.641. The smallest absolute Gasteiger partial charge is 0.0842 e. The van der Waals surface area contributed by atoms with Crippen molar-refractivity contribution >= 4 is 17.0 Å². The molecule has 0 amide bonds. The van der Waals surface area contributed by atoms with E-state index in [9.17, 15) is 0 Å². The summed E-state index contributed by atoms with van der Waals surface area (Å²) < 4.78 is 0. The van der Waals surface area contributed by atoms with Gasteiger partial charge in [-0.25, -0.2) is 0 Å². The fourth-order valence-electron chi connectivity index (χ4n) is 1.84. The molecular formula is C14H20N2O. The third-order valence-electron chi connectivity index (χ3n) is 2.68. The second kappa shape index (κ2) is 5.53. The Morgan fingerprint density at radius 3 is 1.94 bits per heavy atom. The SMILES string of the molecule is CC(C)=C(/C(C)=N/O)c1ccc(N(C)C)cc1. The molecule has 1 aromatic rings. The van der Waals surface area contributed by atoms with Gasteiger partial charge in [0.2, 0.25) is 0 Å². The molecular weight excluding hydrogens is 212 g/mol. The molecule has 0 radical (unpaired) electrons. The Bertz CT molecular complexity index is 438. The van der Waals surface area contributed by atoms with Gasteiger partial charge in [-0.1, -0.05) is 22.9 Å². The van der Waals surface area contributed by atoms with E-state index < -0.39 is 0 Å². The van der Waals surface area contributed by atoms with Gasteiger partial charge in [-0.05, 0) is 38.5 Å². The van der Waals surface area contributed by atoms with Crippen molar-refractivity contribution < 1.29 is 5.21 Å². The van der Waals surface area contributed by atoms with Crippen molar-refractivity contribution in [2.24, 2.45) is 5.16 Å². The highest BCUT2D eigenvalue weighted by Crippen LogP contribution is 2.23. The fourth-order valence-corrected chi connectivity index (χ4v) is 1.84. The van der Waals surface area contributed by atoms with Crippen molar-refractivity contribution in [1.29, 1.82) is 0 Å². The molecule has 0 saturated carbocycles. The van der Waals surface area contributed by atoms with Crippen LogP contribution >= 0.6 is 0 Å². The van der Waals surface area contributed by atoms with Gasteiger partial charge in [-0.3, -0.25) is 0 Å². The minimum Gasteiger partial charge on any atom is -0.411 e. The molecule has 3 nitrogen and oxygen atoms in total. The number of oxime groups is 1. The van der Waals surface area contributed by atoms with Gasteiger partial charge in [0.1, 0.15) is 0 Å². The molecule has 1 rings (SSSR count).